The molecular formula is C27H24N2O5. The molecule has 0 saturated heterocycles. The molecule has 172 valence electrons. The first-order valence-electron chi connectivity index (χ1n) is 11.0. The Hall–Kier alpha value is -4.26. The van der Waals surface area contributed by atoms with Gasteiger partial charge in [-0.1, -0.05) is 54.6 Å². The second-order valence-electron chi connectivity index (χ2n) is 8.26. The molecule has 0 spiro atoms. The largest absolute Gasteiger partial charge is 0.496 e. The molecule has 0 fully saturated rings. The van der Waals surface area contributed by atoms with Crippen LogP contribution in [0.5, 0.6) is 5.75 Å². The van der Waals surface area contributed by atoms with Gasteiger partial charge in [-0.2, -0.15) is 0 Å². The number of hydrogen-bond acceptors (Lipinski definition) is 4. The number of amides is 1. The van der Waals surface area contributed by atoms with Crippen LogP contribution in [0.25, 0.3) is 22.0 Å². The van der Waals surface area contributed by atoms with Crippen LogP contribution in [0.2, 0.25) is 0 Å². The van der Waals surface area contributed by atoms with E-state index in [-0.39, 0.29) is 18.9 Å². The lowest BCUT2D eigenvalue weighted by Gasteiger charge is -2.17. The molecule has 34 heavy (non-hydrogen) atoms. The number of aromatic nitrogens is 1. The Bertz CT molecular complexity index is 1330. The number of carboxylic acids is 1. The molecule has 7 nitrogen and oxygen atoms in total. The van der Waals surface area contributed by atoms with E-state index in [1.165, 1.54) is 0 Å². The molecule has 1 aliphatic carbocycles. The van der Waals surface area contributed by atoms with Crippen LogP contribution in [0.3, 0.4) is 0 Å². The van der Waals surface area contributed by atoms with Gasteiger partial charge in [-0.05, 0) is 39.9 Å². The van der Waals surface area contributed by atoms with Crippen LogP contribution in [0, 0.1) is 0 Å². The van der Waals surface area contributed by atoms with Gasteiger partial charge in [-0.25, -0.2) is 9.59 Å². The maximum Gasteiger partial charge on any atom is 0.407 e. The number of aliphatic carboxylic acids is 1. The number of hydrogen-bond donors (Lipinski definition) is 3. The maximum atomic E-state index is 12.6. The van der Waals surface area contributed by atoms with E-state index in [2.05, 4.69) is 22.4 Å². The molecule has 0 saturated carbocycles. The minimum absolute atomic E-state index is 0.0832. The van der Waals surface area contributed by atoms with Crippen LogP contribution < -0.4 is 10.1 Å². The van der Waals surface area contributed by atoms with Gasteiger partial charge in [0.1, 0.15) is 18.4 Å². The van der Waals surface area contributed by atoms with Crippen molar-refractivity contribution in [1.82, 2.24) is 10.3 Å². The third-order valence-corrected chi connectivity index (χ3v) is 6.33. The van der Waals surface area contributed by atoms with E-state index >= 15 is 0 Å². The van der Waals surface area contributed by atoms with Gasteiger partial charge < -0.3 is 24.9 Å². The average molecular weight is 456 g/mol. The van der Waals surface area contributed by atoms with Gasteiger partial charge in [-0.3, -0.25) is 0 Å². The maximum absolute atomic E-state index is 12.6. The molecule has 1 amide bonds. The quantitative estimate of drug-likeness (QED) is 0.374. The van der Waals surface area contributed by atoms with Crippen molar-refractivity contribution in [2.45, 2.75) is 18.4 Å². The summed E-state index contributed by atoms with van der Waals surface area (Å²) in [5.41, 5.74) is 6.01. The van der Waals surface area contributed by atoms with Crippen molar-refractivity contribution in [2.75, 3.05) is 13.7 Å². The molecule has 5 rings (SSSR count). The molecule has 0 bridgehead atoms. The van der Waals surface area contributed by atoms with Gasteiger partial charge in [0.05, 0.1) is 7.11 Å². The van der Waals surface area contributed by atoms with Crippen LogP contribution in [0.4, 0.5) is 4.79 Å². The highest BCUT2D eigenvalue weighted by atomic mass is 16.5. The number of carbonyl (C=O) groups excluding carboxylic acids is 1. The number of fused-ring (bicyclic) bond motifs is 4. The fraction of sp³-hybridized carbons (Fsp3) is 0.185. The zero-order chi connectivity index (χ0) is 23.7. The predicted octanol–water partition coefficient (Wildman–Crippen LogP) is 4.71. The van der Waals surface area contributed by atoms with E-state index in [1.54, 1.807) is 13.3 Å². The van der Waals surface area contributed by atoms with Crippen molar-refractivity contribution in [2.24, 2.45) is 0 Å². The summed E-state index contributed by atoms with van der Waals surface area (Å²) in [5, 5.41) is 13.1. The van der Waals surface area contributed by atoms with Crippen molar-refractivity contribution < 1.29 is 24.2 Å². The number of alkyl carbamates (subject to hydrolysis) is 1. The summed E-state index contributed by atoms with van der Waals surface area (Å²) in [5.74, 6) is -0.601. The molecule has 0 radical (unpaired) electrons. The lowest BCUT2D eigenvalue weighted by Crippen LogP contribution is -2.42. The normalized spacial score (nSPS) is 13.2. The Morgan fingerprint density at radius 1 is 1.00 bits per heavy atom. The number of nitrogens with one attached hydrogen (secondary N) is 2. The predicted molar refractivity (Wildman–Crippen MR) is 128 cm³/mol. The first kappa shape index (κ1) is 21.6. The van der Waals surface area contributed by atoms with Gasteiger partial charge in [0, 0.05) is 29.4 Å². The van der Waals surface area contributed by atoms with Gasteiger partial charge >= 0.3 is 12.1 Å². The Labute approximate surface area is 196 Å². The van der Waals surface area contributed by atoms with Gasteiger partial charge in [-0.15, -0.1) is 0 Å². The average Bonchev–Trinajstić information content (AvgIpc) is 3.41. The number of benzene rings is 3. The highest BCUT2D eigenvalue weighted by Crippen LogP contribution is 2.44. The molecule has 1 heterocycles. The summed E-state index contributed by atoms with van der Waals surface area (Å²) in [6.45, 7) is 0.118. The van der Waals surface area contributed by atoms with Crippen molar-refractivity contribution in [3.05, 3.63) is 89.6 Å². The molecule has 0 aliphatic heterocycles. The molecule has 1 aromatic heterocycles. The lowest BCUT2D eigenvalue weighted by molar-refractivity contribution is -0.139. The molecule has 3 aromatic carbocycles. The van der Waals surface area contributed by atoms with Crippen LogP contribution in [0.1, 0.15) is 22.6 Å². The number of H-pyrrole nitrogens is 1. The van der Waals surface area contributed by atoms with Crippen molar-refractivity contribution >= 4 is 23.0 Å². The number of rotatable bonds is 7. The van der Waals surface area contributed by atoms with E-state index < -0.39 is 18.1 Å². The molecule has 1 unspecified atom stereocenters. The standard InChI is InChI=1S/C27H24N2O5/c1-33-24-12-6-11-22-25(24)16(14-28-22)13-23(26(30)31)29-27(32)34-15-21-19-9-4-2-7-17(19)18-8-3-5-10-20(18)21/h2-12,14,21,23,28H,13,15H2,1H3,(H,29,32)(H,30,31). The number of methoxy groups -OCH3 is 1. The zero-order valence-corrected chi connectivity index (χ0v) is 18.6. The molecule has 7 heteroatoms. The third-order valence-electron chi connectivity index (χ3n) is 6.33. The fourth-order valence-electron chi connectivity index (χ4n) is 4.75. The molecule has 1 aliphatic rings. The summed E-state index contributed by atoms with van der Waals surface area (Å²) >= 11 is 0. The van der Waals surface area contributed by atoms with Crippen molar-refractivity contribution in [3.63, 3.8) is 0 Å². The fourth-order valence-corrected chi connectivity index (χ4v) is 4.75. The van der Waals surface area contributed by atoms with E-state index in [0.29, 0.717) is 5.75 Å². The second kappa shape index (κ2) is 8.94. The van der Waals surface area contributed by atoms with Crippen LogP contribution in [0.15, 0.2) is 72.9 Å². The van der Waals surface area contributed by atoms with Crippen molar-refractivity contribution in [3.8, 4) is 16.9 Å². The third kappa shape index (κ3) is 3.85. The van der Waals surface area contributed by atoms with Gasteiger partial charge in [0.2, 0.25) is 0 Å². The topological polar surface area (TPSA) is 101 Å². The Kier molecular flexibility index (Phi) is 5.67. The molecule has 4 aromatic rings. The molecular weight excluding hydrogens is 432 g/mol. The van der Waals surface area contributed by atoms with E-state index in [1.807, 2.05) is 54.6 Å². The summed E-state index contributed by atoms with van der Waals surface area (Å²) in [6, 6.07) is 20.5. The number of carboxylic acid groups (broad SMARTS) is 1. The minimum atomic E-state index is -1.15. The summed E-state index contributed by atoms with van der Waals surface area (Å²) in [6.07, 6.45) is 1.06. The summed E-state index contributed by atoms with van der Waals surface area (Å²) in [7, 11) is 1.56. The Morgan fingerprint density at radius 3 is 2.32 bits per heavy atom. The zero-order valence-electron chi connectivity index (χ0n) is 18.6. The highest BCUT2D eigenvalue weighted by Gasteiger charge is 2.30. The van der Waals surface area contributed by atoms with E-state index in [9.17, 15) is 14.7 Å². The van der Waals surface area contributed by atoms with E-state index in [0.717, 1.165) is 38.7 Å². The van der Waals surface area contributed by atoms with Crippen LogP contribution in [-0.2, 0) is 16.0 Å². The SMILES string of the molecule is COc1cccc2[nH]cc(CC(NC(=O)OCC3c4ccccc4-c4ccccc43)C(=O)O)c12. The van der Waals surface area contributed by atoms with Gasteiger partial charge in [0.25, 0.3) is 0 Å². The number of aromatic amines is 1. The lowest BCUT2D eigenvalue weighted by atomic mass is 9.98. The molecule has 3 N–H and O–H groups in total. The Morgan fingerprint density at radius 2 is 1.68 bits per heavy atom. The smallest absolute Gasteiger partial charge is 0.407 e. The second-order valence-corrected chi connectivity index (χ2v) is 8.26. The highest BCUT2D eigenvalue weighted by molar-refractivity contribution is 5.90. The first-order valence-corrected chi connectivity index (χ1v) is 11.0. The van der Waals surface area contributed by atoms with E-state index in [4.69, 9.17) is 9.47 Å². The monoisotopic (exact) mass is 456 g/mol. The van der Waals surface area contributed by atoms with Crippen LogP contribution in [-0.4, -0.2) is 41.9 Å². The van der Waals surface area contributed by atoms with Crippen LogP contribution >= 0.6 is 0 Å². The first-order chi connectivity index (χ1) is 16.6. The summed E-state index contributed by atoms with van der Waals surface area (Å²) < 4.78 is 10.9. The Balaban J connectivity index is 1.30. The molecule has 1 atom stereocenters. The van der Waals surface area contributed by atoms with Gasteiger partial charge in [0.15, 0.2) is 0 Å². The number of ether oxygens (including phenoxy) is 2. The number of carbonyl (C=O) groups is 2. The van der Waals surface area contributed by atoms with Crippen molar-refractivity contribution in [1.29, 1.82) is 0 Å². The minimum Gasteiger partial charge on any atom is -0.496 e. The summed E-state index contributed by atoms with van der Waals surface area (Å²) in [4.78, 5) is 27.7.